The summed E-state index contributed by atoms with van der Waals surface area (Å²) >= 11 is 0. The van der Waals surface area contributed by atoms with Gasteiger partial charge in [-0.2, -0.15) is 0 Å². The predicted molar refractivity (Wildman–Crippen MR) is 406 cm³/mol. The monoisotopic (exact) mass is 1500 g/mol. The van der Waals surface area contributed by atoms with Crippen molar-refractivity contribution in [2.75, 3.05) is 13.1 Å². The third kappa shape index (κ3) is 29.0. The van der Waals surface area contributed by atoms with E-state index in [4.69, 9.17) is 10.5 Å². The zero-order valence-corrected chi connectivity index (χ0v) is 66.9. The molecule has 1 aromatic carbocycles. The van der Waals surface area contributed by atoms with Crippen LogP contribution >= 0.6 is 0 Å². The van der Waals surface area contributed by atoms with Gasteiger partial charge in [0.25, 0.3) is 5.91 Å². The van der Waals surface area contributed by atoms with E-state index in [2.05, 4.69) is 58.5 Å². The fourth-order valence-electron chi connectivity index (χ4n) is 12.8. The van der Waals surface area contributed by atoms with Gasteiger partial charge in [0.15, 0.2) is 5.78 Å². The molecule has 0 spiro atoms. The van der Waals surface area contributed by atoms with E-state index >= 15 is 14.4 Å². The van der Waals surface area contributed by atoms with Crippen molar-refractivity contribution in [3.63, 3.8) is 0 Å². The molecule has 602 valence electrons. The number of hydrogen-bond donors (Lipinski definition) is 13. The van der Waals surface area contributed by atoms with Crippen molar-refractivity contribution >= 4 is 82.6 Å². The van der Waals surface area contributed by atoms with E-state index in [1.54, 1.807) is 127 Å². The van der Waals surface area contributed by atoms with Gasteiger partial charge >= 0.3 is 5.97 Å². The number of unbranched alkanes of at least 4 members (excludes halogenated alkanes) is 2. The van der Waals surface area contributed by atoms with Crippen molar-refractivity contribution in [2.24, 2.45) is 59.0 Å². The number of amides is 12. The smallest absolute Gasteiger partial charge is 0.329 e. The second-order valence-corrected chi connectivity index (χ2v) is 31.2. The van der Waals surface area contributed by atoms with Gasteiger partial charge in [0, 0.05) is 31.7 Å². The topological polar surface area (TPSA) is 430 Å². The Bertz CT molecular complexity index is 3190. The van der Waals surface area contributed by atoms with E-state index in [0.717, 1.165) is 6.42 Å². The van der Waals surface area contributed by atoms with E-state index in [0.29, 0.717) is 56.6 Å². The van der Waals surface area contributed by atoms with Crippen LogP contribution in [0.2, 0.25) is 0 Å². The summed E-state index contributed by atoms with van der Waals surface area (Å²) in [5, 5.41) is 40.7. The Morgan fingerprint density at radius 3 is 1.70 bits per heavy atom. The number of rotatable bonds is 36. The highest BCUT2D eigenvalue weighted by Gasteiger charge is 2.45. The normalized spacial score (nSPS) is 22.4. The summed E-state index contributed by atoms with van der Waals surface area (Å²) in [6.07, 6.45) is 2.45. The molecule has 2 fully saturated rings. The molecule has 107 heavy (non-hydrogen) atoms. The Labute approximate surface area is 633 Å². The molecule has 2 heterocycles. The maximum Gasteiger partial charge on any atom is 0.329 e. The first-order valence-corrected chi connectivity index (χ1v) is 38.7. The lowest BCUT2D eigenvalue weighted by atomic mass is 9.90. The Kier molecular flexibility index (Phi) is 39.5. The van der Waals surface area contributed by atoms with Gasteiger partial charge in [-0.05, 0) is 112 Å². The van der Waals surface area contributed by atoms with Crippen LogP contribution in [-0.2, 0) is 78.3 Å². The van der Waals surface area contributed by atoms with Crippen LogP contribution < -0.4 is 64.2 Å². The second-order valence-electron chi connectivity index (χ2n) is 31.2. The number of allylic oxidation sites excluding steroid dienone is 1. The number of Topliss-reactive ketones (excluding diaryl/α,β-unsaturated/α-hetero) is 1. The van der Waals surface area contributed by atoms with Gasteiger partial charge < -0.3 is 79.0 Å². The molecular formula is C78H129N13O16. The van der Waals surface area contributed by atoms with Gasteiger partial charge in [0.1, 0.15) is 72.2 Å². The van der Waals surface area contributed by atoms with E-state index in [9.17, 15) is 57.8 Å². The van der Waals surface area contributed by atoms with Gasteiger partial charge in [-0.3, -0.25) is 62.3 Å². The zero-order chi connectivity index (χ0) is 80.9. The van der Waals surface area contributed by atoms with Crippen LogP contribution in [0.25, 0.3) is 0 Å². The first kappa shape index (κ1) is 92.9. The molecule has 2 aliphatic heterocycles. The molecule has 0 radical (unpaired) electrons. The number of esters is 1. The van der Waals surface area contributed by atoms with E-state index in [1.807, 2.05) is 13.8 Å². The number of nitrogens with zero attached hydrogens (tertiary/aromatic N) is 1. The van der Waals surface area contributed by atoms with Crippen LogP contribution in [0.1, 0.15) is 214 Å². The van der Waals surface area contributed by atoms with Crippen LogP contribution in [0.4, 0.5) is 0 Å². The number of aliphatic hydroxyl groups is 1. The summed E-state index contributed by atoms with van der Waals surface area (Å²) < 4.78 is 5.99. The molecular weight excluding hydrogens is 1370 g/mol. The third-order valence-electron chi connectivity index (χ3n) is 20.1. The first-order chi connectivity index (χ1) is 50.2. The lowest BCUT2D eigenvalue weighted by Gasteiger charge is -2.33. The van der Waals surface area contributed by atoms with Crippen molar-refractivity contribution in [3.8, 4) is 0 Å². The molecule has 12 amide bonds. The fourth-order valence-corrected chi connectivity index (χ4v) is 12.8. The highest BCUT2D eigenvalue weighted by Crippen LogP contribution is 2.27. The first-order valence-electron chi connectivity index (χ1n) is 38.7. The summed E-state index contributed by atoms with van der Waals surface area (Å²) in [6, 6.07) is -6.00. The summed E-state index contributed by atoms with van der Waals surface area (Å²) in [5.41, 5.74) is 6.25. The predicted octanol–water partition coefficient (Wildman–Crippen LogP) is 3.71. The number of benzene rings is 1. The largest absolute Gasteiger partial charge is 0.458 e. The molecule has 1 aromatic rings. The number of ketones is 1. The van der Waals surface area contributed by atoms with Crippen molar-refractivity contribution in [3.05, 3.63) is 47.7 Å². The standard InChI is InChI=1S/C78H129N13O16/c1-20-47(16)63(74(102)90-66-50(19)107-78(106)62(46(14)15)86-68(96)53(22-3)80-69(97)54(39-51-32-25-23-26-33-51)81-70(98)59(43(8)9)83-73(101)64(48(17)21-2)88-76(66)104)87-67(95)52(34-27-24-28-37-79)40-56(93)55-35-30-38-91(55)77(105)61(45(12)13)85-72(100)60(44(10)11)84-75(103)65(49(18)92)89-71(99)58(42(6)7)82-57(94)36-29-31-41(4)5/h22-23,25-26,32-33,41-50,52,54-55,58-66,92H,20-21,24,27-31,34-40,79H2,1-19H3,(H,80,97)(H,81,98)(H,82,94)(H,83,101)(H,84,103)(H,85,100)(H,86,96)(H,87,95)(H,88,104)(H,89,99)(H,90,102)/t47-,48-,49+,50-,52+,54-,55+,58+,59+,60-,61+,62-,63+,64+,65-,66+/m0/s1. The number of nitrogens with two attached hydrogens (primary N) is 1. The summed E-state index contributed by atoms with van der Waals surface area (Å²) in [5.74, 6) is -15.5. The molecule has 0 saturated carbocycles. The van der Waals surface area contributed by atoms with Gasteiger partial charge in [0.2, 0.25) is 65.0 Å². The number of hydrogen-bond acceptors (Lipinski definition) is 17. The second kappa shape index (κ2) is 45.5. The average molecular weight is 1500 g/mol. The molecule has 0 aromatic heterocycles. The molecule has 29 heteroatoms. The van der Waals surface area contributed by atoms with Gasteiger partial charge in [-0.15, -0.1) is 0 Å². The number of carbonyl (C=O) groups is 14. The maximum absolute atomic E-state index is 15.1. The average Bonchev–Trinajstić information content (AvgIpc) is 1.81. The Hall–Kier alpha value is -8.34. The van der Waals surface area contributed by atoms with Gasteiger partial charge in [-0.1, -0.05) is 179 Å². The molecule has 0 aliphatic carbocycles. The lowest BCUT2D eigenvalue weighted by molar-refractivity contribution is -0.157. The number of aliphatic hydroxyl groups excluding tert-OH is 1. The number of nitrogens with one attached hydrogen (secondary N) is 11. The van der Waals surface area contributed by atoms with Crippen LogP contribution in [0.3, 0.4) is 0 Å². The molecule has 0 unspecified atom stereocenters. The molecule has 16 atom stereocenters. The molecule has 14 N–H and O–H groups in total. The van der Waals surface area contributed by atoms with Crippen molar-refractivity contribution in [2.45, 2.75) is 294 Å². The third-order valence-corrected chi connectivity index (χ3v) is 20.1. The molecule has 3 rings (SSSR count). The van der Waals surface area contributed by atoms with Crippen molar-refractivity contribution in [1.82, 2.24) is 63.4 Å². The minimum absolute atomic E-state index is 0.0314. The zero-order valence-electron chi connectivity index (χ0n) is 66.9. The molecule has 0 bridgehead atoms. The highest BCUT2D eigenvalue weighted by atomic mass is 16.5. The number of ether oxygens (including phenoxy) is 1. The number of cyclic esters (lactones) is 1. The Morgan fingerprint density at radius 2 is 1.16 bits per heavy atom. The number of carbonyl (C=O) groups excluding carboxylic acids is 14. The van der Waals surface area contributed by atoms with E-state index < -0.39 is 203 Å². The molecule has 2 aliphatic rings. The summed E-state index contributed by atoms with van der Waals surface area (Å²) in [6.45, 7) is 32.3. The quantitative estimate of drug-likeness (QED) is 0.0259. The van der Waals surface area contributed by atoms with Crippen molar-refractivity contribution < 1.29 is 77.0 Å². The summed E-state index contributed by atoms with van der Waals surface area (Å²) in [4.78, 5) is 203. The SMILES string of the molecule is CC=C1NC(=O)[C@H](Cc2ccccc2)NC(=O)[C@@H](C(C)C)NC(=O)[C@@H]([C@@H](C)CC)NC(=O)[C@H](NC(=O)[C@H](NC(=O)[C@H](CCCCCN)CC(=O)[C@H]2CCCN2C(=O)[C@H](NC(=O)[C@@H](NC(=O)[C@@H](NC(=O)[C@H](NC(=O)CCCC(C)C)C(C)C)[C@@H](C)O)C(C)C)C(C)C)[C@@H](C)CC)[C@H](C)OC(=O)[C@H](C(C)C)NC1=O. The van der Waals surface area contributed by atoms with Crippen LogP contribution in [0, 0.1) is 53.3 Å². The Morgan fingerprint density at radius 1 is 0.607 bits per heavy atom. The number of likely N-dealkylation sites (tertiary alicyclic amines) is 1. The lowest BCUT2D eigenvalue weighted by Crippen LogP contribution is -2.63. The highest BCUT2D eigenvalue weighted by molar-refractivity contribution is 6.03. The fraction of sp³-hybridized carbons (Fsp3) is 0.718. The molecule has 29 nitrogen and oxygen atoms in total. The van der Waals surface area contributed by atoms with Crippen LogP contribution in [0.15, 0.2) is 42.1 Å². The van der Waals surface area contributed by atoms with E-state index in [-0.39, 0.29) is 56.7 Å². The minimum Gasteiger partial charge on any atom is -0.458 e. The Balaban J connectivity index is 2.03. The summed E-state index contributed by atoms with van der Waals surface area (Å²) in [7, 11) is 0. The molecule has 2 saturated heterocycles. The van der Waals surface area contributed by atoms with Crippen molar-refractivity contribution in [1.29, 1.82) is 0 Å². The van der Waals surface area contributed by atoms with Crippen LogP contribution in [-0.4, -0.2) is 184 Å². The van der Waals surface area contributed by atoms with Gasteiger partial charge in [-0.25, -0.2) is 4.79 Å². The maximum atomic E-state index is 15.1. The minimum atomic E-state index is -1.81. The van der Waals surface area contributed by atoms with Crippen LogP contribution in [0.5, 0.6) is 0 Å². The van der Waals surface area contributed by atoms with Gasteiger partial charge in [0.05, 0.1) is 12.1 Å². The van der Waals surface area contributed by atoms with E-state index in [1.165, 1.54) is 31.7 Å².